The highest BCUT2D eigenvalue weighted by Gasteiger charge is 2.29. The van der Waals surface area contributed by atoms with Crippen LogP contribution in [0.1, 0.15) is 32.4 Å². The lowest BCUT2D eigenvalue weighted by molar-refractivity contribution is 0.102. The standard InChI is InChI=1S/C15H18N2O4S3/c1-9-5-12(10(2)23-9)13(18)7-22-15-17-16-14(21-15)6-11-3-4-24(19,20)8-11/h5,11H,3-4,6-8H2,1-2H3/t11-/m0/s1. The quantitative estimate of drug-likeness (QED) is 0.557. The van der Waals surface area contributed by atoms with Gasteiger partial charge in [-0.25, -0.2) is 8.42 Å². The summed E-state index contributed by atoms with van der Waals surface area (Å²) in [5, 5.41) is 8.24. The predicted molar refractivity (Wildman–Crippen MR) is 93.6 cm³/mol. The number of aryl methyl sites for hydroxylation is 2. The van der Waals surface area contributed by atoms with Gasteiger partial charge in [0.1, 0.15) is 0 Å². The molecule has 2 aromatic rings. The monoisotopic (exact) mass is 386 g/mol. The molecule has 1 saturated heterocycles. The summed E-state index contributed by atoms with van der Waals surface area (Å²) in [7, 11) is -2.90. The molecule has 1 fully saturated rings. The number of Topliss-reactive ketones (excluding diaryl/α,β-unsaturated/α-hetero) is 1. The minimum absolute atomic E-state index is 0.0449. The number of nitrogens with zero attached hydrogens (tertiary/aromatic N) is 2. The number of thiophene rings is 1. The highest BCUT2D eigenvalue weighted by atomic mass is 32.2. The molecule has 0 aliphatic carbocycles. The molecule has 3 rings (SSSR count). The SMILES string of the molecule is Cc1cc(C(=O)CSc2nnc(C[C@@H]3CCS(=O)(=O)C3)o2)c(C)s1. The third-order valence-corrected chi connectivity index (χ3v) is 7.53. The van der Waals surface area contributed by atoms with Crippen molar-refractivity contribution in [3.05, 3.63) is 27.3 Å². The van der Waals surface area contributed by atoms with Crippen LogP contribution < -0.4 is 0 Å². The van der Waals surface area contributed by atoms with Gasteiger partial charge in [0.05, 0.1) is 17.3 Å². The van der Waals surface area contributed by atoms with Crippen LogP contribution in [0.15, 0.2) is 15.7 Å². The molecular weight excluding hydrogens is 368 g/mol. The van der Waals surface area contributed by atoms with Crippen LogP contribution in [0, 0.1) is 19.8 Å². The summed E-state index contributed by atoms with van der Waals surface area (Å²) in [5.74, 6) is 1.20. The minimum Gasteiger partial charge on any atom is -0.416 e. The summed E-state index contributed by atoms with van der Waals surface area (Å²) in [6.45, 7) is 3.92. The van der Waals surface area contributed by atoms with E-state index in [1.807, 2.05) is 19.9 Å². The summed E-state index contributed by atoms with van der Waals surface area (Å²) in [5.41, 5.74) is 0.751. The maximum atomic E-state index is 12.2. The highest BCUT2D eigenvalue weighted by molar-refractivity contribution is 7.99. The van der Waals surface area contributed by atoms with Crippen LogP contribution in [0.4, 0.5) is 0 Å². The maximum Gasteiger partial charge on any atom is 0.277 e. The summed E-state index contributed by atoms with van der Waals surface area (Å²) in [6, 6.07) is 1.91. The van der Waals surface area contributed by atoms with Crippen LogP contribution >= 0.6 is 23.1 Å². The zero-order valence-electron chi connectivity index (χ0n) is 13.4. The van der Waals surface area contributed by atoms with E-state index in [0.717, 1.165) is 15.3 Å². The Kier molecular flexibility index (Phi) is 5.12. The maximum absolute atomic E-state index is 12.2. The molecule has 24 heavy (non-hydrogen) atoms. The van der Waals surface area contributed by atoms with Crippen molar-refractivity contribution in [2.24, 2.45) is 5.92 Å². The second-order valence-corrected chi connectivity index (χ2v) is 10.6. The molecule has 1 aliphatic rings. The van der Waals surface area contributed by atoms with Crippen LogP contribution in [0.2, 0.25) is 0 Å². The van der Waals surface area contributed by atoms with E-state index in [4.69, 9.17) is 4.42 Å². The van der Waals surface area contributed by atoms with E-state index >= 15 is 0 Å². The zero-order valence-corrected chi connectivity index (χ0v) is 15.9. The fourth-order valence-electron chi connectivity index (χ4n) is 2.77. The Balaban J connectivity index is 1.55. The molecule has 0 saturated carbocycles. The first-order valence-corrected chi connectivity index (χ1v) is 11.2. The van der Waals surface area contributed by atoms with E-state index in [1.54, 1.807) is 11.3 Å². The average molecular weight is 387 g/mol. The van der Waals surface area contributed by atoms with Crippen LogP contribution in [-0.4, -0.2) is 41.7 Å². The van der Waals surface area contributed by atoms with E-state index in [1.165, 1.54) is 11.8 Å². The number of rotatable bonds is 6. The van der Waals surface area contributed by atoms with Crippen molar-refractivity contribution in [3.63, 3.8) is 0 Å². The third-order valence-electron chi connectivity index (χ3n) is 3.91. The molecule has 0 bridgehead atoms. The number of carbonyl (C=O) groups is 1. The fourth-order valence-corrected chi connectivity index (χ4v) is 6.24. The number of thioether (sulfide) groups is 1. The second-order valence-electron chi connectivity index (χ2n) is 5.97. The summed E-state index contributed by atoms with van der Waals surface area (Å²) >= 11 is 2.83. The number of hydrogen-bond donors (Lipinski definition) is 0. The molecule has 1 atom stereocenters. The number of sulfone groups is 1. The van der Waals surface area contributed by atoms with Gasteiger partial charge in [-0.05, 0) is 32.3 Å². The Morgan fingerprint density at radius 1 is 1.42 bits per heavy atom. The lowest BCUT2D eigenvalue weighted by atomic mass is 10.1. The van der Waals surface area contributed by atoms with Crippen LogP contribution in [0.3, 0.4) is 0 Å². The van der Waals surface area contributed by atoms with Crippen molar-refractivity contribution in [1.29, 1.82) is 0 Å². The Morgan fingerprint density at radius 2 is 2.21 bits per heavy atom. The summed E-state index contributed by atoms with van der Waals surface area (Å²) in [6.07, 6.45) is 1.12. The van der Waals surface area contributed by atoms with Crippen molar-refractivity contribution >= 4 is 38.7 Å². The van der Waals surface area contributed by atoms with Crippen LogP contribution in [-0.2, 0) is 16.3 Å². The second kappa shape index (κ2) is 6.97. The molecule has 0 radical (unpaired) electrons. The van der Waals surface area contributed by atoms with E-state index in [9.17, 15) is 13.2 Å². The van der Waals surface area contributed by atoms with Crippen LogP contribution in [0.25, 0.3) is 0 Å². The fraction of sp³-hybridized carbons (Fsp3) is 0.533. The Hall–Kier alpha value is -1.19. The summed E-state index contributed by atoms with van der Waals surface area (Å²) < 4.78 is 28.5. The topological polar surface area (TPSA) is 90.1 Å². The number of hydrogen-bond acceptors (Lipinski definition) is 8. The molecule has 0 unspecified atom stereocenters. The third kappa shape index (κ3) is 4.25. The molecule has 0 aromatic carbocycles. The number of ketones is 1. The molecule has 130 valence electrons. The molecule has 0 amide bonds. The van der Waals surface area contributed by atoms with Gasteiger partial charge in [0.25, 0.3) is 5.22 Å². The van der Waals surface area contributed by atoms with Gasteiger partial charge in [-0.1, -0.05) is 11.8 Å². The van der Waals surface area contributed by atoms with Crippen molar-refractivity contribution < 1.29 is 17.6 Å². The molecule has 0 spiro atoms. The molecule has 3 heterocycles. The molecular formula is C15H18N2O4S3. The first kappa shape index (κ1) is 17.6. The Morgan fingerprint density at radius 3 is 2.83 bits per heavy atom. The average Bonchev–Trinajstić information content (AvgIpc) is 3.17. The van der Waals surface area contributed by atoms with E-state index in [0.29, 0.717) is 24.0 Å². The van der Waals surface area contributed by atoms with E-state index in [2.05, 4.69) is 10.2 Å². The van der Waals surface area contributed by atoms with E-state index in [-0.39, 0.29) is 29.0 Å². The highest BCUT2D eigenvalue weighted by Crippen LogP contribution is 2.26. The van der Waals surface area contributed by atoms with Gasteiger partial charge in [-0.15, -0.1) is 21.5 Å². The number of carbonyl (C=O) groups excluding carboxylic acids is 1. The first-order chi connectivity index (χ1) is 11.3. The first-order valence-electron chi connectivity index (χ1n) is 7.58. The Labute approximate surface area is 149 Å². The van der Waals surface area contributed by atoms with Gasteiger partial charge >= 0.3 is 0 Å². The summed E-state index contributed by atoms with van der Waals surface area (Å²) in [4.78, 5) is 14.4. The smallest absolute Gasteiger partial charge is 0.277 e. The normalized spacial score (nSPS) is 19.7. The Bertz CT molecular complexity index is 854. The van der Waals surface area contributed by atoms with Gasteiger partial charge in [0.15, 0.2) is 15.6 Å². The lowest BCUT2D eigenvalue weighted by Gasteiger charge is -2.01. The van der Waals surface area contributed by atoms with E-state index < -0.39 is 9.84 Å². The van der Waals surface area contributed by atoms with Crippen molar-refractivity contribution in [3.8, 4) is 0 Å². The van der Waals surface area contributed by atoms with Gasteiger partial charge in [0, 0.05) is 21.7 Å². The molecule has 2 aromatic heterocycles. The zero-order chi connectivity index (χ0) is 17.3. The predicted octanol–water partition coefficient (Wildman–Crippen LogP) is 2.70. The lowest BCUT2D eigenvalue weighted by Crippen LogP contribution is -2.07. The van der Waals surface area contributed by atoms with Crippen molar-refractivity contribution in [2.75, 3.05) is 17.3 Å². The molecule has 6 nitrogen and oxygen atoms in total. The van der Waals surface area contributed by atoms with Gasteiger partial charge in [-0.3, -0.25) is 4.79 Å². The van der Waals surface area contributed by atoms with Crippen molar-refractivity contribution in [2.45, 2.75) is 31.9 Å². The van der Waals surface area contributed by atoms with Gasteiger partial charge in [-0.2, -0.15) is 0 Å². The van der Waals surface area contributed by atoms with Gasteiger partial charge < -0.3 is 4.42 Å². The van der Waals surface area contributed by atoms with Gasteiger partial charge in [0.2, 0.25) is 5.89 Å². The largest absolute Gasteiger partial charge is 0.416 e. The number of aromatic nitrogens is 2. The van der Waals surface area contributed by atoms with Crippen LogP contribution in [0.5, 0.6) is 0 Å². The molecule has 0 N–H and O–H groups in total. The molecule has 9 heteroatoms. The minimum atomic E-state index is -2.90. The van der Waals surface area contributed by atoms with Crippen molar-refractivity contribution in [1.82, 2.24) is 10.2 Å². The molecule has 1 aliphatic heterocycles.